The molecule has 0 radical (unpaired) electrons. The molecule has 0 saturated heterocycles. The molecule has 0 amide bonds. The van der Waals surface area contributed by atoms with Gasteiger partial charge in [0.25, 0.3) is 0 Å². The third kappa shape index (κ3) is 3.51. The Kier molecular flexibility index (Phi) is 4.96. The molecule has 2 aliphatic rings. The van der Waals surface area contributed by atoms with Gasteiger partial charge < -0.3 is 4.74 Å². The van der Waals surface area contributed by atoms with E-state index in [4.69, 9.17) is 9.84 Å². The molecule has 0 spiro atoms. The molecular formula is C24H20Br2N2O. The lowest BCUT2D eigenvalue weighted by Gasteiger charge is -2.38. The second kappa shape index (κ2) is 7.62. The summed E-state index contributed by atoms with van der Waals surface area (Å²) in [5, 5.41) is 7.17. The third-order valence-electron chi connectivity index (χ3n) is 5.60. The molecule has 0 N–H and O–H groups in total. The highest BCUT2D eigenvalue weighted by atomic mass is 79.9. The van der Waals surface area contributed by atoms with Gasteiger partial charge in [-0.2, -0.15) is 5.10 Å². The minimum Gasteiger partial charge on any atom is -0.464 e. The lowest BCUT2D eigenvalue weighted by Crippen LogP contribution is -2.33. The summed E-state index contributed by atoms with van der Waals surface area (Å²) in [5.41, 5.74) is 5.87. The van der Waals surface area contributed by atoms with Crippen molar-refractivity contribution in [1.82, 2.24) is 5.01 Å². The van der Waals surface area contributed by atoms with Crippen molar-refractivity contribution in [3.8, 4) is 5.75 Å². The minimum atomic E-state index is -0.229. The van der Waals surface area contributed by atoms with Crippen molar-refractivity contribution in [2.45, 2.75) is 32.0 Å². The number of ether oxygens (including phenoxy) is 1. The van der Waals surface area contributed by atoms with Crippen LogP contribution in [0.3, 0.4) is 0 Å². The van der Waals surface area contributed by atoms with E-state index < -0.39 is 0 Å². The summed E-state index contributed by atoms with van der Waals surface area (Å²) in [6.07, 6.45) is 1.66. The second-order valence-electron chi connectivity index (χ2n) is 7.40. The molecule has 0 aliphatic carbocycles. The fourth-order valence-corrected chi connectivity index (χ4v) is 4.66. The molecule has 2 heterocycles. The Balaban J connectivity index is 1.58. The minimum absolute atomic E-state index is 0.158. The monoisotopic (exact) mass is 510 g/mol. The topological polar surface area (TPSA) is 24.8 Å². The van der Waals surface area contributed by atoms with Gasteiger partial charge >= 0.3 is 0 Å². The molecule has 3 aromatic carbocycles. The van der Waals surface area contributed by atoms with E-state index in [0.717, 1.165) is 44.4 Å². The normalized spacial score (nSPS) is 20.0. The van der Waals surface area contributed by atoms with E-state index in [1.165, 1.54) is 11.1 Å². The zero-order valence-corrected chi connectivity index (χ0v) is 19.2. The molecule has 29 heavy (non-hydrogen) atoms. The molecular weight excluding hydrogens is 492 g/mol. The average molecular weight is 512 g/mol. The quantitative estimate of drug-likeness (QED) is 0.377. The maximum Gasteiger partial charge on any atom is 0.213 e. The fourth-order valence-electron chi connectivity index (χ4n) is 4.01. The molecule has 5 rings (SSSR count). The lowest BCUT2D eigenvalue weighted by atomic mass is 9.96. The molecule has 2 unspecified atom stereocenters. The van der Waals surface area contributed by atoms with Crippen LogP contribution in [-0.2, 0) is 6.42 Å². The van der Waals surface area contributed by atoms with Crippen molar-refractivity contribution in [2.75, 3.05) is 0 Å². The van der Waals surface area contributed by atoms with Crippen molar-refractivity contribution >= 4 is 37.6 Å². The number of aryl methyl sites for hydroxylation is 1. The van der Waals surface area contributed by atoms with Crippen LogP contribution in [0.5, 0.6) is 5.75 Å². The van der Waals surface area contributed by atoms with Crippen molar-refractivity contribution < 1.29 is 4.74 Å². The first kappa shape index (κ1) is 18.9. The smallest absolute Gasteiger partial charge is 0.213 e. The SMILES string of the molecule is CCc1ccc(C2Oc3ccc(Br)cc3C3CC(c4ccc(Br)cc4)=NN32)cc1. The summed E-state index contributed by atoms with van der Waals surface area (Å²) in [5.74, 6) is 0.936. The van der Waals surface area contributed by atoms with Crippen LogP contribution in [0.4, 0.5) is 0 Å². The Hall–Kier alpha value is -2.11. The number of nitrogens with zero attached hydrogens (tertiary/aromatic N) is 2. The van der Waals surface area contributed by atoms with E-state index in [2.05, 4.69) is 104 Å². The molecule has 0 bridgehead atoms. The largest absolute Gasteiger partial charge is 0.464 e. The zero-order valence-electron chi connectivity index (χ0n) is 16.0. The summed E-state index contributed by atoms with van der Waals surface area (Å²) in [6, 6.07) is 23.5. The number of halogens is 2. The zero-order chi connectivity index (χ0) is 20.0. The number of rotatable bonds is 3. The Labute approximate surface area is 187 Å². The van der Waals surface area contributed by atoms with Gasteiger partial charge in [-0.05, 0) is 47.9 Å². The Morgan fingerprint density at radius 1 is 0.966 bits per heavy atom. The Morgan fingerprint density at radius 3 is 2.41 bits per heavy atom. The predicted molar refractivity (Wildman–Crippen MR) is 123 cm³/mol. The first-order chi connectivity index (χ1) is 14.1. The lowest BCUT2D eigenvalue weighted by molar-refractivity contribution is -0.0190. The van der Waals surface area contributed by atoms with Crippen LogP contribution in [0.25, 0.3) is 0 Å². The van der Waals surface area contributed by atoms with Gasteiger partial charge in [0.15, 0.2) is 0 Å². The summed E-state index contributed by atoms with van der Waals surface area (Å²) in [4.78, 5) is 0. The van der Waals surface area contributed by atoms with Gasteiger partial charge in [-0.3, -0.25) is 0 Å². The average Bonchev–Trinajstić information content (AvgIpc) is 3.20. The molecule has 0 fully saturated rings. The van der Waals surface area contributed by atoms with Crippen LogP contribution in [0.2, 0.25) is 0 Å². The van der Waals surface area contributed by atoms with Crippen molar-refractivity contribution in [3.05, 3.63) is 97.9 Å². The van der Waals surface area contributed by atoms with E-state index in [0.29, 0.717) is 0 Å². The van der Waals surface area contributed by atoms with Crippen LogP contribution in [-0.4, -0.2) is 10.7 Å². The van der Waals surface area contributed by atoms with E-state index in [1.54, 1.807) is 0 Å². The summed E-state index contributed by atoms with van der Waals surface area (Å²) in [7, 11) is 0. The molecule has 2 atom stereocenters. The van der Waals surface area contributed by atoms with Crippen molar-refractivity contribution in [3.63, 3.8) is 0 Å². The highest BCUT2D eigenvalue weighted by Gasteiger charge is 2.41. The molecule has 5 heteroatoms. The van der Waals surface area contributed by atoms with Gasteiger partial charge in [-0.25, -0.2) is 5.01 Å². The van der Waals surface area contributed by atoms with E-state index in [-0.39, 0.29) is 12.3 Å². The third-order valence-corrected chi connectivity index (χ3v) is 6.62. The van der Waals surface area contributed by atoms with Crippen LogP contribution in [0, 0.1) is 0 Å². The van der Waals surface area contributed by atoms with Gasteiger partial charge in [0.05, 0.1) is 11.8 Å². The van der Waals surface area contributed by atoms with Crippen LogP contribution < -0.4 is 4.74 Å². The maximum absolute atomic E-state index is 6.45. The highest BCUT2D eigenvalue weighted by molar-refractivity contribution is 9.10. The molecule has 3 nitrogen and oxygen atoms in total. The van der Waals surface area contributed by atoms with Gasteiger partial charge in [0.2, 0.25) is 6.23 Å². The highest BCUT2D eigenvalue weighted by Crippen LogP contribution is 2.48. The molecule has 0 saturated carbocycles. The van der Waals surface area contributed by atoms with Gasteiger partial charge in [-0.15, -0.1) is 0 Å². The predicted octanol–water partition coefficient (Wildman–Crippen LogP) is 7.02. The van der Waals surface area contributed by atoms with Crippen LogP contribution in [0.15, 0.2) is 80.8 Å². The fraction of sp³-hybridized carbons (Fsp3) is 0.208. The molecule has 146 valence electrons. The van der Waals surface area contributed by atoms with Gasteiger partial charge in [0.1, 0.15) is 5.75 Å². The van der Waals surface area contributed by atoms with Crippen LogP contribution in [0.1, 0.15) is 47.9 Å². The number of benzene rings is 3. The summed E-state index contributed by atoms with van der Waals surface area (Å²) < 4.78 is 8.59. The summed E-state index contributed by atoms with van der Waals surface area (Å²) >= 11 is 7.14. The molecule has 3 aromatic rings. The standard InChI is InChI=1S/C24H20Br2N2O/c1-2-15-3-5-17(6-4-15)24-28-22(20-13-19(26)11-12-23(20)29-24)14-21(27-28)16-7-9-18(25)10-8-16/h3-13,22,24H,2,14H2,1H3. The first-order valence-electron chi connectivity index (χ1n) is 9.79. The van der Waals surface area contributed by atoms with Crippen molar-refractivity contribution in [1.29, 1.82) is 0 Å². The molecule has 0 aromatic heterocycles. The number of hydrazone groups is 1. The maximum atomic E-state index is 6.45. The number of fused-ring (bicyclic) bond motifs is 3. The number of hydrogen-bond acceptors (Lipinski definition) is 3. The van der Waals surface area contributed by atoms with Crippen molar-refractivity contribution in [2.24, 2.45) is 5.10 Å². The van der Waals surface area contributed by atoms with E-state index in [9.17, 15) is 0 Å². The first-order valence-corrected chi connectivity index (χ1v) is 11.4. The second-order valence-corrected chi connectivity index (χ2v) is 9.23. The van der Waals surface area contributed by atoms with Crippen LogP contribution >= 0.6 is 31.9 Å². The Bertz CT molecular complexity index is 1080. The van der Waals surface area contributed by atoms with Gasteiger partial charge in [0, 0.05) is 26.5 Å². The summed E-state index contributed by atoms with van der Waals surface area (Å²) in [6.45, 7) is 2.17. The Morgan fingerprint density at radius 2 is 1.69 bits per heavy atom. The van der Waals surface area contributed by atoms with E-state index >= 15 is 0 Å². The molecule has 2 aliphatic heterocycles. The van der Waals surface area contributed by atoms with Gasteiger partial charge in [-0.1, -0.05) is 75.2 Å². The van der Waals surface area contributed by atoms with E-state index in [1.807, 2.05) is 6.07 Å². The number of hydrogen-bond donors (Lipinski definition) is 0.